The first-order valence-electron chi connectivity index (χ1n) is 16.5. The molecule has 0 atom stereocenters. The van der Waals surface area contributed by atoms with E-state index in [1.54, 1.807) is 0 Å². The topological polar surface area (TPSA) is 34.2 Å². The standard InChI is InChI=1S/C45H29N3O/c1-2-10-32-27-36(22-17-30(32)9-1)47(33-20-18-31(19-21-33)40-28-46-29-41-39-13-5-8-16-44(39)49-45(40)41)34-23-25-35(26-24-34)48-42-14-6-3-11-37(42)38-12-4-7-15-43(38)48/h1-29H. The number of fused-ring (bicyclic) bond motifs is 7. The third-order valence-corrected chi connectivity index (χ3v) is 9.66. The minimum atomic E-state index is 0.857. The van der Waals surface area contributed by atoms with E-state index in [4.69, 9.17) is 4.42 Å². The molecular formula is C45H29N3O. The molecule has 4 nitrogen and oxygen atoms in total. The summed E-state index contributed by atoms with van der Waals surface area (Å²) in [6.07, 6.45) is 3.79. The Morgan fingerprint density at radius 1 is 0.469 bits per heavy atom. The van der Waals surface area contributed by atoms with Gasteiger partial charge in [-0.2, -0.15) is 0 Å². The third-order valence-electron chi connectivity index (χ3n) is 9.66. The molecule has 7 aromatic carbocycles. The number of aromatic nitrogens is 2. The van der Waals surface area contributed by atoms with Crippen LogP contribution in [-0.2, 0) is 0 Å². The molecule has 0 aliphatic rings. The Morgan fingerprint density at radius 2 is 1.06 bits per heavy atom. The third kappa shape index (κ3) is 4.42. The number of hydrogen-bond acceptors (Lipinski definition) is 3. The summed E-state index contributed by atoms with van der Waals surface area (Å²) in [6.45, 7) is 0. The maximum atomic E-state index is 6.34. The molecule has 0 saturated carbocycles. The van der Waals surface area contributed by atoms with Crippen molar-refractivity contribution >= 4 is 71.6 Å². The van der Waals surface area contributed by atoms with Crippen molar-refractivity contribution in [2.45, 2.75) is 0 Å². The van der Waals surface area contributed by atoms with E-state index in [2.05, 4.69) is 160 Å². The van der Waals surface area contributed by atoms with Crippen molar-refractivity contribution in [1.29, 1.82) is 0 Å². The Hall–Kier alpha value is -6.65. The van der Waals surface area contributed by atoms with Gasteiger partial charge in [0.2, 0.25) is 0 Å². The predicted molar refractivity (Wildman–Crippen MR) is 203 cm³/mol. The lowest BCUT2D eigenvalue weighted by atomic mass is 10.0. The van der Waals surface area contributed by atoms with Crippen LogP contribution in [0, 0.1) is 0 Å². The summed E-state index contributed by atoms with van der Waals surface area (Å²) in [4.78, 5) is 6.91. The van der Waals surface area contributed by atoms with Crippen molar-refractivity contribution in [2.75, 3.05) is 4.90 Å². The maximum absolute atomic E-state index is 6.34. The summed E-state index contributed by atoms with van der Waals surface area (Å²) in [7, 11) is 0. The van der Waals surface area contributed by atoms with Crippen LogP contribution in [0.15, 0.2) is 181 Å². The number of furan rings is 1. The van der Waals surface area contributed by atoms with Crippen molar-refractivity contribution in [3.05, 3.63) is 176 Å². The first-order valence-corrected chi connectivity index (χ1v) is 16.5. The zero-order valence-corrected chi connectivity index (χ0v) is 26.5. The lowest BCUT2D eigenvalue weighted by Gasteiger charge is -2.26. The zero-order valence-electron chi connectivity index (χ0n) is 26.5. The van der Waals surface area contributed by atoms with E-state index in [9.17, 15) is 0 Å². The summed E-state index contributed by atoms with van der Waals surface area (Å²) < 4.78 is 8.70. The van der Waals surface area contributed by atoms with Gasteiger partial charge in [0.1, 0.15) is 11.2 Å². The Kier molecular flexibility index (Phi) is 6.15. The SMILES string of the molecule is c1ccc2cc(N(c3ccc(-c4cncc5c4oc4ccccc45)cc3)c3ccc(-n4c5ccccc5c5ccccc54)cc3)ccc2c1. The van der Waals surface area contributed by atoms with E-state index < -0.39 is 0 Å². The number of para-hydroxylation sites is 3. The van der Waals surface area contributed by atoms with Gasteiger partial charge < -0.3 is 13.9 Å². The molecule has 0 aliphatic heterocycles. The van der Waals surface area contributed by atoms with Crippen LogP contribution in [0.25, 0.3) is 71.3 Å². The first-order chi connectivity index (χ1) is 24.3. The van der Waals surface area contributed by atoms with Crippen molar-refractivity contribution in [3.63, 3.8) is 0 Å². The summed E-state index contributed by atoms with van der Waals surface area (Å²) in [5.41, 5.74) is 10.5. The van der Waals surface area contributed by atoms with E-state index in [1.807, 2.05) is 30.6 Å². The molecule has 230 valence electrons. The van der Waals surface area contributed by atoms with Gasteiger partial charge in [-0.3, -0.25) is 4.98 Å². The van der Waals surface area contributed by atoms with Gasteiger partial charge in [-0.25, -0.2) is 0 Å². The number of anilines is 3. The highest BCUT2D eigenvalue weighted by Gasteiger charge is 2.17. The average molecular weight is 628 g/mol. The maximum Gasteiger partial charge on any atom is 0.146 e. The van der Waals surface area contributed by atoms with Crippen LogP contribution >= 0.6 is 0 Å². The first kappa shape index (κ1) is 27.5. The Morgan fingerprint density at radius 3 is 1.80 bits per heavy atom. The molecule has 0 aliphatic carbocycles. The molecule has 4 heteroatoms. The van der Waals surface area contributed by atoms with Gasteiger partial charge in [0.05, 0.1) is 11.0 Å². The largest absolute Gasteiger partial charge is 0.455 e. The van der Waals surface area contributed by atoms with Gasteiger partial charge in [0.15, 0.2) is 0 Å². The normalized spacial score (nSPS) is 11.7. The van der Waals surface area contributed by atoms with Crippen molar-refractivity contribution in [1.82, 2.24) is 9.55 Å². The van der Waals surface area contributed by atoms with Crippen LogP contribution in [-0.4, -0.2) is 9.55 Å². The van der Waals surface area contributed by atoms with Gasteiger partial charge in [-0.1, -0.05) is 97.1 Å². The Balaban J connectivity index is 1.09. The summed E-state index contributed by atoms with van der Waals surface area (Å²) in [6, 6.07) is 58.2. The number of nitrogens with zero attached hydrogens (tertiary/aromatic N) is 3. The molecule has 0 amide bonds. The molecule has 0 bridgehead atoms. The molecule has 3 aromatic heterocycles. The van der Waals surface area contributed by atoms with E-state index in [0.29, 0.717) is 0 Å². The van der Waals surface area contributed by atoms with E-state index in [-0.39, 0.29) is 0 Å². The highest BCUT2D eigenvalue weighted by atomic mass is 16.3. The number of benzene rings is 7. The zero-order chi connectivity index (χ0) is 32.3. The Bertz CT molecular complexity index is 2770. The van der Waals surface area contributed by atoms with Crippen molar-refractivity contribution < 1.29 is 4.42 Å². The second-order valence-electron chi connectivity index (χ2n) is 12.5. The second-order valence-corrected chi connectivity index (χ2v) is 12.5. The van der Waals surface area contributed by atoms with E-state index in [0.717, 1.165) is 55.8 Å². The predicted octanol–water partition coefficient (Wildman–Crippen LogP) is 12.4. The van der Waals surface area contributed by atoms with Gasteiger partial charge in [-0.05, 0) is 83.1 Å². The monoisotopic (exact) mass is 627 g/mol. The van der Waals surface area contributed by atoms with E-state index in [1.165, 1.54) is 32.6 Å². The molecule has 0 saturated heterocycles. The highest BCUT2D eigenvalue weighted by Crippen LogP contribution is 2.40. The number of pyridine rings is 1. The fourth-order valence-corrected chi connectivity index (χ4v) is 7.35. The van der Waals surface area contributed by atoms with Crippen molar-refractivity contribution in [2.24, 2.45) is 0 Å². The molecule has 0 unspecified atom stereocenters. The van der Waals surface area contributed by atoms with Gasteiger partial charge >= 0.3 is 0 Å². The van der Waals surface area contributed by atoms with Gasteiger partial charge in [0, 0.05) is 62.3 Å². The van der Waals surface area contributed by atoms with Crippen LogP contribution in [0.2, 0.25) is 0 Å². The number of rotatable bonds is 5. The van der Waals surface area contributed by atoms with Gasteiger partial charge in [-0.15, -0.1) is 0 Å². The smallest absolute Gasteiger partial charge is 0.146 e. The summed E-state index contributed by atoms with van der Waals surface area (Å²) in [5.74, 6) is 0. The van der Waals surface area contributed by atoms with Crippen LogP contribution in [0.4, 0.5) is 17.1 Å². The summed E-state index contributed by atoms with van der Waals surface area (Å²) >= 11 is 0. The minimum Gasteiger partial charge on any atom is -0.455 e. The van der Waals surface area contributed by atoms with Crippen LogP contribution < -0.4 is 4.90 Å². The molecule has 0 N–H and O–H groups in total. The minimum absolute atomic E-state index is 0.857. The molecule has 0 spiro atoms. The van der Waals surface area contributed by atoms with E-state index >= 15 is 0 Å². The lowest BCUT2D eigenvalue weighted by Crippen LogP contribution is -2.10. The second kappa shape index (κ2) is 11.0. The highest BCUT2D eigenvalue weighted by molar-refractivity contribution is 6.10. The molecule has 10 rings (SSSR count). The fraction of sp³-hybridized carbons (Fsp3) is 0. The summed E-state index contributed by atoms with van der Waals surface area (Å²) in [5, 5.41) is 7.04. The molecule has 0 fully saturated rings. The quantitative estimate of drug-likeness (QED) is 0.190. The molecule has 10 aromatic rings. The van der Waals surface area contributed by atoms with Crippen LogP contribution in [0.3, 0.4) is 0 Å². The molecule has 3 heterocycles. The number of hydrogen-bond donors (Lipinski definition) is 0. The van der Waals surface area contributed by atoms with Gasteiger partial charge in [0.25, 0.3) is 0 Å². The van der Waals surface area contributed by atoms with Crippen molar-refractivity contribution in [3.8, 4) is 16.8 Å². The lowest BCUT2D eigenvalue weighted by molar-refractivity contribution is 0.669. The van der Waals surface area contributed by atoms with Crippen LogP contribution in [0.1, 0.15) is 0 Å². The average Bonchev–Trinajstić information content (AvgIpc) is 3.72. The Labute approximate surface area is 282 Å². The van der Waals surface area contributed by atoms with Crippen LogP contribution in [0.5, 0.6) is 0 Å². The fourth-order valence-electron chi connectivity index (χ4n) is 7.35. The molecule has 0 radical (unpaired) electrons. The molecule has 49 heavy (non-hydrogen) atoms. The molecular weight excluding hydrogens is 599 g/mol.